The van der Waals surface area contributed by atoms with Crippen molar-refractivity contribution in [2.24, 2.45) is 0 Å². The number of carbonyl (C=O) groups is 2. The summed E-state index contributed by atoms with van der Waals surface area (Å²) in [5, 5.41) is 19.9. The Labute approximate surface area is 168 Å². The Morgan fingerprint density at radius 1 is 1.07 bits per heavy atom. The maximum atomic E-state index is 11.9. The van der Waals surface area contributed by atoms with E-state index in [0.29, 0.717) is 5.75 Å². The summed E-state index contributed by atoms with van der Waals surface area (Å²) in [7, 11) is 1.42. The van der Waals surface area contributed by atoms with Crippen molar-refractivity contribution in [3.63, 3.8) is 0 Å². The van der Waals surface area contributed by atoms with Gasteiger partial charge in [0.1, 0.15) is 53.4 Å². The third kappa shape index (κ3) is 5.86. The van der Waals surface area contributed by atoms with Crippen molar-refractivity contribution in [2.75, 3.05) is 26.9 Å². The van der Waals surface area contributed by atoms with E-state index >= 15 is 0 Å². The van der Waals surface area contributed by atoms with E-state index in [1.54, 1.807) is 13.0 Å². The molecule has 2 rings (SSSR count). The van der Waals surface area contributed by atoms with Gasteiger partial charge in [-0.05, 0) is 38.1 Å². The molecule has 0 spiro atoms. The maximum Gasteiger partial charge on any atom is 0.341 e. The Bertz CT molecular complexity index is 862. The van der Waals surface area contributed by atoms with Gasteiger partial charge in [-0.1, -0.05) is 6.07 Å². The highest BCUT2D eigenvalue weighted by atomic mass is 16.5. The van der Waals surface area contributed by atoms with Gasteiger partial charge in [-0.25, -0.2) is 4.79 Å². The number of benzene rings is 2. The number of esters is 1. The van der Waals surface area contributed by atoms with E-state index in [4.69, 9.17) is 18.9 Å². The normalized spacial score (nSPS) is 11.4. The van der Waals surface area contributed by atoms with Crippen molar-refractivity contribution < 1.29 is 38.7 Å². The van der Waals surface area contributed by atoms with Gasteiger partial charge in [0, 0.05) is 6.07 Å². The van der Waals surface area contributed by atoms with Crippen LogP contribution in [-0.2, 0) is 4.74 Å². The van der Waals surface area contributed by atoms with Gasteiger partial charge in [0.2, 0.25) is 0 Å². The second kappa shape index (κ2) is 10.3. The number of aromatic hydroxyl groups is 1. The van der Waals surface area contributed by atoms with Crippen molar-refractivity contribution in [3.05, 3.63) is 47.5 Å². The highest BCUT2D eigenvalue weighted by Crippen LogP contribution is 2.28. The van der Waals surface area contributed by atoms with Crippen molar-refractivity contribution in [2.45, 2.75) is 20.0 Å². The van der Waals surface area contributed by atoms with E-state index in [2.05, 4.69) is 0 Å². The fourth-order valence-corrected chi connectivity index (χ4v) is 2.56. The molecule has 1 unspecified atom stereocenters. The Balaban J connectivity index is 1.96. The van der Waals surface area contributed by atoms with Crippen LogP contribution in [0.25, 0.3) is 0 Å². The fourth-order valence-electron chi connectivity index (χ4n) is 2.56. The third-order valence-electron chi connectivity index (χ3n) is 3.90. The summed E-state index contributed by atoms with van der Waals surface area (Å²) < 4.78 is 21.1. The van der Waals surface area contributed by atoms with Crippen LogP contribution in [0.3, 0.4) is 0 Å². The molecule has 0 aliphatic carbocycles. The predicted octanol–water partition coefficient (Wildman–Crippen LogP) is 2.60. The van der Waals surface area contributed by atoms with Crippen LogP contribution in [0.1, 0.15) is 34.6 Å². The average Bonchev–Trinajstić information content (AvgIpc) is 2.70. The second-order valence-electron chi connectivity index (χ2n) is 6.06. The number of ketones is 1. The summed E-state index contributed by atoms with van der Waals surface area (Å²) in [5.74, 6) is -0.186. The van der Waals surface area contributed by atoms with E-state index in [1.165, 1.54) is 44.4 Å². The molecule has 2 aromatic rings. The average molecular weight is 404 g/mol. The van der Waals surface area contributed by atoms with Gasteiger partial charge in [-0.3, -0.25) is 4.79 Å². The van der Waals surface area contributed by atoms with E-state index in [9.17, 15) is 19.8 Å². The molecule has 0 aliphatic heterocycles. The molecule has 2 aromatic carbocycles. The number of aliphatic hydroxyl groups is 1. The van der Waals surface area contributed by atoms with Crippen molar-refractivity contribution in [1.29, 1.82) is 0 Å². The quantitative estimate of drug-likeness (QED) is 0.459. The summed E-state index contributed by atoms with van der Waals surface area (Å²) in [6, 6.07) is 9.05. The van der Waals surface area contributed by atoms with Crippen LogP contribution in [0.4, 0.5) is 0 Å². The Hall–Kier alpha value is -3.26. The molecule has 8 heteroatoms. The molecule has 0 radical (unpaired) electrons. The number of methoxy groups -OCH3 is 1. The predicted molar refractivity (Wildman–Crippen MR) is 104 cm³/mol. The Morgan fingerprint density at radius 3 is 2.45 bits per heavy atom. The van der Waals surface area contributed by atoms with Gasteiger partial charge in [-0.2, -0.15) is 0 Å². The highest BCUT2D eigenvalue weighted by molar-refractivity contribution is 5.99. The van der Waals surface area contributed by atoms with Gasteiger partial charge in [0.05, 0.1) is 13.7 Å². The van der Waals surface area contributed by atoms with Crippen LogP contribution in [0.15, 0.2) is 36.4 Å². The van der Waals surface area contributed by atoms with Gasteiger partial charge in [0.15, 0.2) is 5.78 Å². The zero-order valence-corrected chi connectivity index (χ0v) is 16.5. The number of Topliss-reactive ketones (excluding diaryl/α,β-unsaturated/α-hetero) is 1. The number of phenolic OH excluding ortho intramolecular Hbond substituents is 1. The molecule has 0 saturated heterocycles. The first-order valence-corrected chi connectivity index (χ1v) is 8.99. The molecular weight excluding hydrogens is 380 g/mol. The molecule has 1 atom stereocenters. The molecule has 0 bridgehead atoms. The summed E-state index contributed by atoms with van der Waals surface area (Å²) in [6.45, 7) is 3.02. The Kier molecular flexibility index (Phi) is 7.85. The first-order chi connectivity index (χ1) is 13.9. The van der Waals surface area contributed by atoms with Gasteiger partial charge in [0.25, 0.3) is 0 Å². The molecule has 0 saturated carbocycles. The summed E-state index contributed by atoms with van der Waals surface area (Å²) in [5.41, 5.74) is 0.325. The molecule has 0 amide bonds. The van der Waals surface area contributed by atoms with Gasteiger partial charge < -0.3 is 29.2 Å². The molecule has 29 heavy (non-hydrogen) atoms. The van der Waals surface area contributed by atoms with E-state index in [-0.39, 0.29) is 54.0 Å². The van der Waals surface area contributed by atoms with Crippen LogP contribution in [0, 0.1) is 0 Å². The Morgan fingerprint density at radius 2 is 1.79 bits per heavy atom. The number of carbonyl (C=O) groups excluding carboxylic acids is 2. The van der Waals surface area contributed by atoms with Crippen molar-refractivity contribution >= 4 is 11.8 Å². The molecule has 0 aromatic heterocycles. The maximum absolute atomic E-state index is 11.9. The zero-order valence-electron chi connectivity index (χ0n) is 16.5. The number of ether oxygens (including phenoxy) is 4. The molecule has 0 fully saturated rings. The number of phenols is 1. The monoisotopic (exact) mass is 404 g/mol. The summed E-state index contributed by atoms with van der Waals surface area (Å²) in [4.78, 5) is 23.5. The summed E-state index contributed by atoms with van der Waals surface area (Å²) >= 11 is 0. The second-order valence-corrected chi connectivity index (χ2v) is 6.06. The number of rotatable bonds is 10. The lowest BCUT2D eigenvalue weighted by Crippen LogP contribution is -2.25. The van der Waals surface area contributed by atoms with Crippen molar-refractivity contribution in [3.8, 4) is 23.0 Å². The van der Waals surface area contributed by atoms with Gasteiger partial charge >= 0.3 is 5.97 Å². The number of aliphatic hydroxyl groups excluding tert-OH is 1. The first-order valence-electron chi connectivity index (χ1n) is 8.99. The standard InChI is InChI=1S/C21H24O8/c1-4-27-21(25)16-9-8-15(10-19(16)26-3)28-11-14(23)12-29-18-7-5-6-17(24)20(18)13(2)22/h5-10,14,23-24H,4,11-12H2,1-3H3. The van der Waals surface area contributed by atoms with E-state index < -0.39 is 12.1 Å². The van der Waals surface area contributed by atoms with Gasteiger partial charge in [-0.15, -0.1) is 0 Å². The SMILES string of the molecule is CCOC(=O)c1ccc(OCC(O)COc2cccc(O)c2C(C)=O)cc1OC. The minimum Gasteiger partial charge on any atom is -0.507 e. The molecule has 2 N–H and O–H groups in total. The molecule has 0 aliphatic rings. The van der Waals surface area contributed by atoms with E-state index in [0.717, 1.165) is 0 Å². The molecule has 156 valence electrons. The topological polar surface area (TPSA) is 112 Å². The fraction of sp³-hybridized carbons (Fsp3) is 0.333. The van der Waals surface area contributed by atoms with Crippen LogP contribution < -0.4 is 14.2 Å². The third-order valence-corrected chi connectivity index (χ3v) is 3.90. The number of hydrogen-bond donors (Lipinski definition) is 2. The summed E-state index contributed by atoms with van der Waals surface area (Å²) in [6.07, 6.45) is -1.01. The lowest BCUT2D eigenvalue weighted by molar-refractivity contribution is 0.0521. The van der Waals surface area contributed by atoms with E-state index in [1.807, 2.05) is 0 Å². The van der Waals surface area contributed by atoms with Crippen LogP contribution >= 0.6 is 0 Å². The first kappa shape index (κ1) is 22.0. The van der Waals surface area contributed by atoms with Crippen molar-refractivity contribution in [1.82, 2.24) is 0 Å². The minimum absolute atomic E-state index is 0.0555. The molecule has 8 nitrogen and oxygen atoms in total. The molecule has 0 heterocycles. The van der Waals surface area contributed by atoms with Crippen LogP contribution in [-0.4, -0.2) is 55.0 Å². The van der Waals surface area contributed by atoms with Crippen LogP contribution in [0.5, 0.6) is 23.0 Å². The zero-order chi connectivity index (χ0) is 21.4. The lowest BCUT2D eigenvalue weighted by Gasteiger charge is -2.16. The highest BCUT2D eigenvalue weighted by Gasteiger charge is 2.17. The lowest BCUT2D eigenvalue weighted by atomic mass is 10.1. The van der Waals surface area contributed by atoms with Crippen LogP contribution in [0.2, 0.25) is 0 Å². The number of hydrogen-bond acceptors (Lipinski definition) is 8. The minimum atomic E-state index is -1.01. The largest absolute Gasteiger partial charge is 0.507 e. The molecular formula is C21H24O8. The smallest absolute Gasteiger partial charge is 0.341 e.